The Bertz CT molecular complexity index is 137. The number of thiocarbonyl (C=S) groups is 1. The molecule has 0 fully saturated rings. The normalized spacial score (nSPS) is 8.67. The van der Waals surface area contributed by atoms with Gasteiger partial charge in [0.2, 0.25) is 0 Å². The van der Waals surface area contributed by atoms with Crippen molar-refractivity contribution in [3.05, 3.63) is 0 Å². The zero-order valence-corrected chi connectivity index (χ0v) is 6.75. The lowest BCUT2D eigenvalue weighted by Crippen LogP contribution is -2.27. The highest BCUT2D eigenvalue weighted by molar-refractivity contribution is 8.22. The van der Waals surface area contributed by atoms with Crippen molar-refractivity contribution in [1.82, 2.24) is 4.90 Å². The highest BCUT2D eigenvalue weighted by Gasteiger charge is 2.08. The molecule has 0 atom stereocenters. The average molecular weight is 165 g/mol. The monoisotopic (exact) mass is 165 g/mol. The summed E-state index contributed by atoms with van der Waals surface area (Å²) >= 11 is 5.90. The lowest BCUT2D eigenvalue weighted by Gasteiger charge is -2.10. The Labute approximate surface area is 63.0 Å². The molecule has 5 heteroatoms. The van der Waals surface area contributed by atoms with Crippen molar-refractivity contribution in [2.75, 3.05) is 13.3 Å². The molecule has 0 aromatic heterocycles. The molecule has 0 radical (unpaired) electrons. The molecule has 0 aliphatic heterocycles. The smallest absolute Gasteiger partial charge is 0.412 e. The summed E-state index contributed by atoms with van der Waals surface area (Å²) in [5.74, 6) is 0. The van der Waals surface area contributed by atoms with Gasteiger partial charge in [0.15, 0.2) is 0 Å². The quantitative estimate of drug-likeness (QED) is 0.548. The van der Waals surface area contributed by atoms with Crippen LogP contribution in [0.2, 0.25) is 0 Å². The van der Waals surface area contributed by atoms with Gasteiger partial charge >= 0.3 is 6.09 Å². The van der Waals surface area contributed by atoms with Gasteiger partial charge in [-0.3, -0.25) is 4.90 Å². The molecular formula is C4H7NO2S2. The van der Waals surface area contributed by atoms with Crippen LogP contribution < -0.4 is 0 Å². The number of hydrogen-bond acceptors (Lipinski definition) is 3. The van der Waals surface area contributed by atoms with Crippen LogP contribution in [0.15, 0.2) is 0 Å². The Morgan fingerprint density at radius 1 is 1.78 bits per heavy atom. The second-order valence-electron chi connectivity index (χ2n) is 1.31. The predicted molar refractivity (Wildman–Crippen MR) is 41.9 cm³/mol. The van der Waals surface area contributed by atoms with Crippen molar-refractivity contribution in [2.45, 2.75) is 0 Å². The summed E-state index contributed by atoms with van der Waals surface area (Å²) in [6, 6.07) is 0. The van der Waals surface area contributed by atoms with Gasteiger partial charge < -0.3 is 5.11 Å². The standard InChI is InChI=1S/C4H7NO2S2/c1-5(3(6)7)4(8)9-2/h1-2H3,(H,6,7). The third kappa shape index (κ3) is 2.67. The van der Waals surface area contributed by atoms with E-state index in [9.17, 15) is 4.79 Å². The summed E-state index contributed by atoms with van der Waals surface area (Å²) < 4.78 is 0.363. The van der Waals surface area contributed by atoms with Gasteiger partial charge in [0, 0.05) is 7.05 Å². The molecule has 0 spiro atoms. The second kappa shape index (κ2) is 3.68. The first-order valence-electron chi connectivity index (χ1n) is 2.14. The fraction of sp³-hybridized carbons (Fsp3) is 0.500. The molecule has 0 heterocycles. The summed E-state index contributed by atoms with van der Waals surface area (Å²) in [6.45, 7) is 0. The van der Waals surface area contributed by atoms with Crippen molar-refractivity contribution in [2.24, 2.45) is 0 Å². The molecule has 3 nitrogen and oxygen atoms in total. The molecule has 0 saturated heterocycles. The zero-order valence-electron chi connectivity index (χ0n) is 5.12. The Hall–Kier alpha value is -0.290. The van der Waals surface area contributed by atoms with Crippen LogP contribution in [0.5, 0.6) is 0 Å². The minimum absolute atomic E-state index is 0.363. The number of carboxylic acid groups (broad SMARTS) is 1. The van der Waals surface area contributed by atoms with Gasteiger partial charge in [-0.1, -0.05) is 24.0 Å². The first-order valence-corrected chi connectivity index (χ1v) is 3.77. The summed E-state index contributed by atoms with van der Waals surface area (Å²) in [6.07, 6.45) is 0.719. The van der Waals surface area contributed by atoms with Crippen LogP contribution in [0.3, 0.4) is 0 Å². The van der Waals surface area contributed by atoms with Gasteiger partial charge in [-0.2, -0.15) is 0 Å². The lowest BCUT2D eigenvalue weighted by atomic mass is 10.9. The highest BCUT2D eigenvalue weighted by atomic mass is 32.2. The molecule has 0 aliphatic rings. The first-order chi connectivity index (χ1) is 4.09. The Kier molecular flexibility index (Phi) is 3.56. The van der Waals surface area contributed by atoms with Crippen LogP contribution in [0.4, 0.5) is 4.79 Å². The van der Waals surface area contributed by atoms with Crippen LogP contribution >= 0.6 is 24.0 Å². The van der Waals surface area contributed by atoms with Crippen molar-refractivity contribution < 1.29 is 9.90 Å². The molecular weight excluding hydrogens is 158 g/mol. The molecule has 0 unspecified atom stereocenters. The van der Waals surface area contributed by atoms with Gasteiger partial charge in [0.05, 0.1) is 0 Å². The van der Waals surface area contributed by atoms with E-state index in [0.717, 1.165) is 4.90 Å². The fourth-order valence-electron chi connectivity index (χ4n) is 0.215. The van der Waals surface area contributed by atoms with E-state index in [1.165, 1.54) is 18.8 Å². The topological polar surface area (TPSA) is 40.5 Å². The van der Waals surface area contributed by atoms with Gasteiger partial charge in [-0.05, 0) is 6.26 Å². The third-order valence-corrected chi connectivity index (χ3v) is 2.13. The van der Waals surface area contributed by atoms with E-state index < -0.39 is 6.09 Å². The maximum Gasteiger partial charge on any atom is 0.412 e. The zero-order chi connectivity index (χ0) is 7.44. The minimum atomic E-state index is -1.02. The number of nitrogens with zero attached hydrogens (tertiary/aromatic N) is 1. The Morgan fingerprint density at radius 3 is 2.33 bits per heavy atom. The number of rotatable bonds is 0. The highest BCUT2D eigenvalue weighted by Crippen LogP contribution is 2.01. The molecule has 0 aromatic rings. The molecule has 0 aromatic carbocycles. The van der Waals surface area contributed by atoms with Crippen molar-refractivity contribution in [1.29, 1.82) is 0 Å². The number of carbonyl (C=O) groups is 1. The molecule has 0 aliphatic carbocycles. The first kappa shape index (κ1) is 8.71. The van der Waals surface area contributed by atoms with Crippen LogP contribution in [-0.4, -0.2) is 33.7 Å². The molecule has 1 N–H and O–H groups in total. The largest absolute Gasteiger partial charge is 0.465 e. The molecule has 0 bridgehead atoms. The molecule has 1 amide bonds. The van der Waals surface area contributed by atoms with Gasteiger partial charge in [-0.25, -0.2) is 4.79 Å². The van der Waals surface area contributed by atoms with E-state index in [2.05, 4.69) is 12.2 Å². The minimum Gasteiger partial charge on any atom is -0.465 e. The fourth-order valence-corrected chi connectivity index (χ4v) is 0.645. The van der Waals surface area contributed by atoms with E-state index in [-0.39, 0.29) is 0 Å². The lowest BCUT2D eigenvalue weighted by molar-refractivity contribution is 0.177. The number of hydrogen-bond donors (Lipinski definition) is 1. The van der Waals surface area contributed by atoms with Gasteiger partial charge in [0.1, 0.15) is 4.32 Å². The van der Waals surface area contributed by atoms with Crippen molar-refractivity contribution in [3.63, 3.8) is 0 Å². The van der Waals surface area contributed by atoms with Gasteiger partial charge in [0.25, 0.3) is 0 Å². The van der Waals surface area contributed by atoms with E-state index >= 15 is 0 Å². The van der Waals surface area contributed by atoms with Crippen LogP contribution in [0.1, 0.15) is 0 Å². The summed E-state index contributed by atoms with van der Waals surface area (Å²) in [4.78, 5) is 11.1. The number of amides is 1. The predicted octanol–water partition coefficient (Wildman–Crippen LogP) is 1.24. The third-order valence-electron chi connectivity index (χ3n) is 0.735. The summed E-state index contributed by atoms with van der Waals surface area (Å²) in [5.41, 5.74) is 0. The summed E-state index contributed by atoms with van der Waals surface area (Å²) in [7, 11) is 1.42. The van der Waals surface area contributed by atoms with Crippen molar-refractivity contribution in [3.8, 4) is 0 Å². The maximum atomic E-state index is 10.1. The van der Waals surface area contributed by atoms with E-state index in [4.69, 9.17) is 5.11 Å². The Balaban J connectivity index is 3.88. The molecule has 0 rings (SSSR count). The Morgan fingerprint density at radius 2 is 2.22 bits per heavy atom. The average Bonchev–Trinajstić information content (AvgIpc) is 1.84. The van der Waals surface area contributed by atoms with E-state index in [0.29, 0.717) is 4.32 Å². The summed E-state index contributed by atoms with van der Waals surface area (Å²) in [5, 5.41) is 8.31. The molecule has 9 heavy (non-hydrogen) atoms. The van der Waals surface area contributed by atoms with Crippen LogP contribution in [0, 0.1) is 0 Å². The van der Waals surface area contributed by atoms with Crippen LogP contribution in [0.25, 0.3) is 0 Å². The van der Waals surface area contributed by atoms with E-state index in [1.807, 2.05) is 0 Å². The number of thioether (sulfide) groups is 1. The van der Waals surface area contributed by atoms with Crippen LogP contribution in [-0.2, 0) is 0 Å². The molecule has 52 valence electrons. The molecule has 0 saturated carbocycles. The maximum absolute atomic E-state index is 10.1. The van der Waals surface area contributed by atoms with E-state index in [1.54, 1.807) is 6.26 Å². The van der Waals surface area contributed by atoms with Gasteiger partial charge in [-0.15, -0.1) is 0 Å². The second-order valence-corrected chi connectivity index (χ2v) is 2.75. The SMILES string of the molecule is CSC(=S)N(C)C(=O)O. The van der Waals surface area contributed by atoms with Crippen molar-refractivity contribution >= 4 is 34.4 Å².